The van der Waals surface area contributed by atoms with Crippen LogP contribution in [0.4, 0.5) is 0 Å². The van der Waals surface area contributed by atoms with Gasteiger partial charge in [0.2, 0.25) is 0 Å². The number of aromatic amines is 3. The number of nitrogens with one attached hydrogen (secondary N) is 3. The van der Waals surface area contributed by atoms with Gasteiger partial charge in [0.25, 0.3) is 11.1 Å². The van der Waals surface area contributed by atoms with E-state index >= 15 is 0 Å². The molecule has 1 aliphatic carbocycles. The first-order chi connectivity index (χ1) is 18.1. The second-order valence-electron chi connectivity index (χ2n) is 10.1. The number of hydrogen-bond donors (Lipinski definition) is 3. The highest BCUT2D eigenvalue weighted by Crippen LogP contribution is 2.38. The number of hydrogen-bond acceptors (Lipinski definition) is 4. The van der Waals surface area contributed by atoms with Crippen LogP contribution in [0.25, 0.3) is 55.1 Å². The van der Waals surface area contributed by atoms with Crippen molar-refractivity contribution < 1.29 is 4.42 Å². The van der Waals surface area contributed by atoms with Gasteiger partial charge in [-0.2, -0.15) is 0 Å². The SMILES string of the molecule is O=c1ccc2c(c1)oc1c(-c3cc4ccccc4[nH]c3=O)c3c(=O)[nH]n(C4CCCCCCC4)c3[nH]c12. The second-order valence-corrected chi connectivity index (χ2v) is 10.1. The van der Waals surface area contributed by atoms with Crippen molar-refractivity contribution in [2.45, 2.75) is 51.0 Å². The van der Waals surface area contributed by atoms with Gasteiger partial charge in [-0.05, 0) is 42.5 Å². The first-order valence-electron chi connectivity index (χ1n) is 12.9. The number of rotatable bonds is 2. The van der Waals surface area contributed by atoms with Crippen molar-refractivity contribution in [3.63, 3.8) is 0 Å². The molecule has 7 rings (SSSR count). The van der Waals surface area contributed by atoms with Crippen LogP contribution in [-0.2, 0) is 0 Å². The third-order valence-electron chi connectivity index (χ3n) is 7.77. The Balaban J connectivity index is 1.61. The number of para-hydroxylation sites is 1. The summed E-state index contributed by atoms with van der Waals surface area (Å²) in [6.45, 7) is 0. The van der Waals surface area contributed by atoms with Crippen molar-refractivity contribution in [1.29, 1.82) is 0 Å². The lowest BCUT2D eigenvalue weighted by molar-refractivity contribution is 0.353. The van der Waals surface area contributed by atoms with Crippen molar-refractivity contribution >= 4 is 44.0 Å². The van der Waals surface area contributed by atoms with Crippen molar-refractivity contribution in [2.24, 2.45) is 0 Å². The molecule has 0 saturated heterocycles. The summed E-state index contributed by atoms with van der Waals surface area (Å²) in [4.78, 5) is 45.5. The summed E-state index contributed by atoms with van der Waals surface area (Å²) in [5.41, 5.74) is 2.84. The Morgan fingerprint density at radius 2 is 1.62 bits per heavy atom. The molecule has 186 valence electrons. The topological polar surface area (TPSA) is 117 Å². The van der Waals surface area contributed by atoms with Gasteiger partial charge in [0.1, 0.15) is 11.2 Å². The van der Waals surface area contributed by atoms with Gasteiger partial charge in [0, 0.05) is 22.5 Å². The number of nitrogens with zero attached hydrogens (tertiary/aromatic N) is 1. The van der Waals surface area contributed by atoms with Gasteiger partial charge in [-0.3, -0.25) is 24.2 Å². The molecule has 8 nitrogen and oxygen atoms in total. The maximum Gasteiger partial charge on any atom is 0.274 e. The van der Waals surface area contributed by atoms with Crippen LogP contribution in [0.2, 0.25) is 0 Å². The van der Waals surface area contributed by atoms with E-state index in [0.717, 1.165) is 36.5 Å². The van der Waals surface area contributed by atoms with E-state index < -0.39 is 0 Å². The van der Waals surface area contributed by atoms with E-state index in [1.807, 2.05) is 28.9 Å². The van der Waals surface area contributed by atoms with E-state index in [9.17, 15) is 14.4 Å². The van der Waals surface area contributed by atoms with E-state index in [0.29, 0.717) is 44.4 Å². The lowest BCUT2D eigenvalue weighted by Crippen LogP contribution is -2.15. The summed E-state index contributed by atoms with van der Waals surface area (Å²) < 4.78 is 8.15. The van der Waals surface area contributed by atoms with E-state index in [4.69, 9.17) is 4.42 Å². The lowest BCUT2D eigenvalue weighted by Gasteiger charge is -2.21. The molecule has 4 aromatic heterocycles. The molecule has 0 aliphatic heterocycles. The van der Waals surface area contributed by atoms with Crippen LogP contribution >= 0.6 is 0 Å². The number of fused-ring (bicyclic) bond motifs is 5. The third-order valence-corrected chi connectivity index (χ3v) is 7.77. The molecule has 1 aliphatic rings. The highest BCUT2D eigenvalue weighted by atomic mass is 16.3. The van der Waals surface area contributed by atoms with Gasteiger partial charge >= 0.3 is 0 Å². The van der Waals surface area contributed by atoms with E-state index in [-0.39, 0.29) is 22.6 Å². The van der Waals surface area contributed by atoms with Crippen LogP contribution in [0.1, 0.15) is 51.0 Å². The average Bonchev–Trinajstić information content (AvgIpc) is 3.39. The van der Waals surface area contributed by atoms with Gasteiger partial charge in [0.15, 0.2) is 11.0 Å². The molecule has 0 unspecified atom stereocenters. The lowest BCUT2D eigenvalue weighted by atomic mass is 9.96. The fourth-order valence-corrected chi connectivity index (χ4v) is 5.97. The van der Waals surface area contributed by atoms with Crippen molar-refractivity contribution in [2.75, 3.05) is 0 Å². The summed E-state index contributed by atoms with van der Waals surface area (Å²) >= 11 is 0. The molecular formula is C29H26N4O4. The molecule has 4 heterocycles. The Hall–Kier alpha value is -4.33. The van der Waals surface area contributed by atoms with Gasteiger partial charge in [0.05, 0.1) is 22.5 Å². The Morgan fingerprint density at radius 3 is 2.46 bits per heavy atom. The monoisotopic (exact) mass is 494 g/mol. The normalized spacial score (nSPS) is 15.6. The molecule has 0 bridgehead atoms. The minimum atomic E-state index is -0.310. The fraction of sp³-hybridized carbons (Fsp3) is 0.276. The van der Waals surface area contributed by atoms with Crippen LogP contribution in [0.3, 0.4) is 0 Å². The summed E-state index contributed by atoms with van der Waals surface area (Å²) in [5, 5.41) is 5.05. The van der Waals surface area contributed by atoms with Gasteiger partial charge in [-0.1, -0.05) is 50.3 Å². The van der Waals surface area contributed by atoms with Crippen LogP contribution in [-0.4, -0.2) is 19.7 Å². The molecule has 1 fully saturated rings. The maximum absolute atomic E-state index is 13.6. The van der Waals surface area contributed by atoms with Crippen molar-refractivity contribution in [1.82, 2.24) is 19.7 Å². The zero-order valence-electron chi connectivity index (χ0n) is 20.2. The first kappa shape index (κ1) is 21.9. The van der Waals surface area contributed by atoms with Crippen LogP contribution in [0, 0.1) is 0 Å². The number of benzene rings is 2. The molecule has 8 heteroatoms. The first-order valence-corrected chi connectivity index (χ1v) is 12.9. The van der Waals surface area contributed by atoms with Gasteiger partial charge < -0.3 is 14.4 Å². The predicted molar refractivity (Wildman–Crippen MR) is 145 cm³/mol. The van der Waals surface area contributed by atoms with Crippen molar-refractivity contribution in [3.05, 3.63) is 79.5 Å². The summed E-state index contributed by atoms with van der Waals surface area (Å²) in [7, 11) is 0. The number of H-pyrrole nitrogens is 3. The fourth-order valence-electron chi connectivity index (χ4n) is 5.97. The average molecular weight is 495 g/mol. The Morgan fingerprint density at radius 1 is 0.838 bits per heavy atom. The van der Waals surface area contributed by atoms with Crippen LogP contribution in [0.15, 0.2) is 67.3 Å². The molecule has 0 atom stereocenters. The number of aromatic nitrogens is 4. The number of pyridine rings is 2. The maximum atomic E-state index is 13.6. The molecule has 3 N–H and O–H groups in total. The molecule has 0 amide bonds. The summed E-state index contributed by atoms with van der Waals surface area (Å²) in [6.07, 6.45) is 7.79. The molecule has 37 heavy (non-hydrogen) atoms. The zero-order valence-corrected chi connectivity index (χ0v) is 20.2. The van der Waals surface area contributed by atoms with Crippen LogP contribution < -0.4 is 16.5 Å². The standard InChI is InChI=1S/C29H26N4O4/c34-18-12-13-19-22(15-18)37-26-23(20-14-16-8-6-7-11-21(16)30-28(20)35)24-27(31-25(19)26)33(32-29(24)36)17-9-4-2-1-3-5-10-17/h6-8,11-15,17,31H,1-5,9-10H2,(H,30,35)(H,32,36). The molecule has 0 spiro atoms. The highest BCUT2D eigenvalue weighted by Gasteiger charge is 2.26. The zero-order chi connectivity index (χ0) is 25.1. The van der Waals surface area contributed by atoms with E-state index in [2.05, 4.69) is 15.1 Å². The smallest absolute Gasteiger partial charge is 0.274 e. The largest absolute Gasteiger partial charge is 0.454 e. The summed E-state index contributed by atoms with van der Waals surface area (Å²) in [6, 6.07) is 14.2. The number of furan rings is 1. The predicted octanol–water partition coefficient (Wildman–Crippen LogP) is 5.71. The molecule has 1 saturated carbocycles. The molecule has 0 radical (unpaired) electrons. The van der Waals surface area contributed by atoms with Gasteiger partial charge in [-0.15, -0.1) is 0 Å². The van der Waals surface area contributed by atoms with Crippen molar-refractivity contribution in [3.8, 4) is 11.1 Å². The Kier molecular flexibility index (Phi) is 4.96. The third kappa shape index (κ3) is 3.47. The molecule has 2 aromatic carbocycles. The Bertz CT molecular complexity index is 1990. The quantitative estimate of drug-likeness (QED) is 0.286. The van der Waals surface area contributed by atoms with Crippen LogP contribution in [0.5, 0.6) is 0 Å². The minimum Gasteiger partial charge on any atom is -0.454 e. The minimum absolute atomic E-state index is 0.147. The van der Waals surface area contributed by atoms with E-state index in [1.165, 1.54) is 31.4 Å². The van der Waals surface area contributed by atoms with E-state index in [1.54, 1.807) is 12.1 Å². The molecule has 6 aromatic rings. The second kappa shape index (κ2) is 8.37. The Labute approximate surface area is 209 Å². The summed E-state index contributed by atoms with van der Waals surface area (Å²) in [5.74, 6) is 0. The highest BCUT2D eigenvalue weighted by molar-refractivity contribution is 6.14. The molecular weight excluding hydrogens is 468 g/mol. The van der Waals surface area contributed by atoms with Gasteiger partial charge in [-0.25, -0.2) is 0 Å².